The quantitative estimate of drug-likeness (QED) is 0.654. The number of rotatable bonds is 4. The summed E-state index contributed by atoms with van der Waals surface area (Å²) in [5, 5.41) is 0. The van der Waals surface area contributed by atoms with Gasteiger partial charge in [-0.1, -0.05) is 36.4 Å². The Morgan fingerprint density at radius 1 is 1.23 bits per heavy atom. The number of anilines is 1. The van der Waals surface area contributed by atoms with Crippen molar-refractivity contribution in [2.24, 2.45) is 15.7 Å². The largest absolute Gasteiger partial charge is 0.398 e. The Bertz CT molecular complexity index is 875. The Balaban J connectivity index is 1.87. The van der Waals surface area contributed by atoms with Crippen LogP contribution < -0.4 is 11.5 Å². The number of nitrogens with zero attached hydrogens (tertiary/aromatic N) is 3. The highest BCUT2D eigenvalue weighted by molar-refractivity contribution is 5.99. The van der Waals surface area contributed by atoms with Crippen LogP contribution in [0.4, 0.5) is 5.69 Å². The van der Waals surface area contributed by atoms with E-state index in [1.165, 1.54) is 4.90 Å². The average Bonchev–Trinajstić information content (AvgIpc) is 2.62. The van der Waals surface area contributed by atoms with Crippen LogP contribution in [0.2, 0.25) is 0 Å². The number of carbonyl (C=O) groups excluding carboxylic acids is 1. The molecule has 134 valence electrons. The molecule has 6 nitrogen and oxygen atoms in total. The summed E-state index contributed by atoms with van der Waals surface area (Å²) in [6.45, 7) is 2.48. The summed E-state index contributed by atoms with van der Waals surface area (Å²) in [6, 6.07) is 15.6. The smallest absolute Gasteiger partial charge is 0.231 e. The fourth-order valence-corrected chi connectivity index (χ4v) is 2.93. The van der Waals surface area contributed by atoms with Gasteiger partial charge in [-0.25, -0.2) is 4.99 Å². The van der Waals surface area contributed by atoms with Crippen molar-refractivity contribution in [2.45, 2.75) is 25.4 Å². The van der Waals surface area contributed by atoms with Gasteiger partial charge in [-0.05, 0) is 30.2 Å². The maximum Gasteiger partial charge on any atom is 0.231 e. The lowest BCUT2D eigenvalue weighted by atomic mass is 9.86. The lowest BCUT2D eigenvalue weighted by molar-refractivity contribution is -0.128. The number of benzene rings is 2. The number of amides is 1. The standard InChI is InChI=1S/C20H23N5O/c1-20(11-18(26)25(2)19(22)24-20)16-8-9-17(21)15(10-16)13-23-12-14-6-4-3-5-7-14/h3-10,13H,11-12,21H2,1-2H3,(H2,22,24)/t20-/m0/s1. The molecule has 0 saturated heterocycles. The van der Waals surface area contributed by atoms with Gasteiger partial charge in [0.1, 0.15) is 0 Å². The maximum absolute atomic E-state index is 12.2. The molecule has 1 aliphatic rings. The van der Waals surface area contributed by atoms with Crippen molar-refractivity contribution in [3.05, 3.63) is 65.2 Å². The predicted octanol–water partition coefficient (Wildman–Crippen LogP) is 2.28. The average molecular weight is 349 g/mol. The van der Waals surface area contributed by atoms with E-state index in [0.717, 1.165) is 16.7 Å². The molecule has 2 aromatic rings. The fraction of sp³-hybridized carbons (Fsp3) is 0.250. The number of hydrogen-bond donors (Lipinski definition) is 2. The summed E-state index contributed by atoms with van der Waals surface area (Å²) in [4.78, 5) is 22.6. The van der Waals surface area contributed by atoms with Crippen LogP contribution in [-0.4, -0.2) is 30.0 Å². The summed E-state index contributed by atoms with van der Waals surface area (Å²) < 4.78 is 0. The molecule has 1 heterocycles. The second-order valence-corrected chi connectivity index (χ2v) is 6.67. The first-order valence-corrected chi connectivity index (χ1v) is 8.45. The van der Waals surface area contributed by atoms with Gasteiger partial charge in [0.05, 0.1) is 18.5 Å². The van der Waals surface area contributed by atoms with Gasteiger partial charge >= 0.3 is 0 Å². The second kappa shape index (κ2) is 7.00. The minimum atomic E-state index is -0.705. The van der Waals surface area contributed by atoms with Crippen LogP contribution in [0, 0.1) is 0 Å². The molecule has 4 N–H and O–H groups in total. The molecule has 26 heavy (non-hydrogen) atoms. The van der Waals surface area contributed by atoms with Gasteiger partial charge in [0.25, 0.3) is 0 Å². The van der Waals surface area contributed by atoms with E-state index in [1.54, 1.807) is 13.3 Å². The number of aliphatic imine (C=N–C) groups is 2. The van der Waals surface area contributed by atoms with Crippen molar-refractivity contribution in [2.75, 3.05) is 12.8 Å². The molecule has 1 amide bonds. The summed E-state index contributed by atoms with van der Waals surface area (Å²) in [7, 11) is 1.63. The lowest BCUT2D eigenvalue weighted by Gasteiger charge is -2.33. The van der Waals surface area contributed by atoms with E-state index >= 15 is 0 Å². The van der Waals surface area contributed by atoms with Crippen LogP contribution in [-0.2, 0) is 16.9 Å². The summed E-state index contributed by atoms with van der Waals surface area (Å²) in [6.07, 6.45) is 2.02. The molecule has 0 unspecified atom stereocenters. The SMILES string of the molecule is CN1C(=O)C[C@@](C)(c2ccc(N)c(C=NCc3ccccc3)c2)N=C1N. The predicted molar refractivity (Wildman–Crippen MR) is 105 cm³/mol. The zero-order chi connectivity index (χ0) is 18.7. The van der Waals surface area contributed by atoms with Crippen molar-refractivity contribution in [3.8, 4) is 0 Å². The minimum absolute atomic E-state index is 0.0591. The fourth-order valence-electron chi connectivity index (χ4n) is 2.93. The van der Waals surface area contributed by atoms with Crippen molar-refractivity contribution in [1.29, 1.82) is 0 Å². The van der Waals surface area contributed by atoms with E-state index in [0.29, 0.717) is 12.2 Å². The first kappa shape index (κ1) is 17.7. The monoisotopic (exact) mass is 349 g/mol. The molecular formula is C20H23N5O. The zero-order valence-corrected chi connectivity index (χ0v) is 15.0. The molecule has 0 bridgehead atoms. The van der Waals surface area contributed by atoms with Gasteiger partial charge in [0.2, 0.25) is 5.91 Å². The molecule has 2 aromatic carbocycles. The summed E-state index contributed by atoms with van der Waals surface area (Å²) >= 11 is 0. The molecule has 1 aliphatic heterocycles. The number of nitrogens with two attached hydrogens (primary N) is 2. The van der Waals surface area contributed by atoms with E-state index < -0.39 is 5.54 Å². The van der Waals surface area contributed by atoms with Gasteiger partial charge in [-0.3, -0.25) is 14.7 Å². The Kier molecular flexibility index (Phi) is 4.75. The molecular weight excluding hydrogens is 326 g/mol. The molecule has 0 spiro atoms. The molecule has 0 aromatic heterocycles. The van der Waals surface area contributed by atoms with Crippen LogP contribution in [0.1, 0.15) is 30.0 Å². The Hall–Kier alpha value is -3.15. The van der Waals surface area contributed by atoms with Crippen LogP contribution in [0.5, 0.6) is 0 Å². The summed E-state index contributed by atoms with van der Waals surface area (Å²) in [5.41, 5.74) is 14.7. The van der Waals surface area contributed by atoms with E-state index in [-0.39, 0.29) is 18.3 Å². The summed E-state index contributed by atoms with van der Waals surface area (Å²) in [5.74, 6) is 0.163. The normalized spacial score (nSPS) is 20.5. The molecule has 0 radical (unpaired) electrons. The van der Waals surface area contributed by atoms with Crippen LogP contribution in [0.25, 0.3) is 0 Å². The molecule has 1 atom stereocenters. The maximum atomic E-state index is 12.2. The van der Waals surface area contributed by atoms with Crippen molar-refractivity contribution in [3.63, 3.8) is 0 Å². The van der Waals surface area contributed by atoms with Crippen molar-refractivity contribution >= 4 is 23.8 Å². The third-order valence-electron chi connectivity index (χ3n) is 4.63. The van der Waals surface area contributed by atoms with Crippen molar-refractivity contribution in [1.82, 2.24) is 4.90 Å². The van der Waals surface area contributed by atoms with Crippen LogP contribution in [0.15, 0.2) is 58.5 Å². The zero-order valence-electron chi connectivity index (χ0n) is 15.0. The Morgan fingerprint density at radius 2 is 1.96 bits per heavy atom. The van der Waals surface area contributed by atoms with Gasteiger partial charge in [0, 0.05) is 24.5 Å². The van der Waals surface area contributed by atoms with Gasteiger partial charge < -0.3 is 11.5 Å². The van der Waals surface area contributed by atoms with E-state index in [1.807, 2.05) is 55.5 Å². The lowest BCUT2D eigenvalue weighted by Crippen LogP contribution is -2.47. The van der Waals surface area contributed by atoms with E-state index in [4.69, 9.17) is 11.5 Å². The molecule has 0 aliphatic carbocycles. The number of hydrogen-bond acceptors (Lipinski definition) is 5. The minimum Gasteiger partial charge on any atom is -0.398 e. The van der Waals surface area contributed by atoms with Crippen LogP contribution >= 0.6 is 0 Å². The number of nitrogen functional groups attached to an aromatic ring is 1. The number of guanidine groups is 1. The Labute approximate surface area is 153 Å². The first-order valence-electron chi connectivity index (χ1n) is 8.45. The van der Waals surface area contributed by atoms with Crippen LogP contribution in [0.3, 0.4) is 0 Å². The third kappa shape index (κ3) is 3.59. The molecule has 0 saturated carbocycles. The topological polar surface area (TPSA) is 97.1 Å². The first-order chi connectivity index (χ1) is 12.4. The third-order valence-corrected chi connectivity index (χ3v) is 4.63. The van der Waals surface area contributed by atoms with E-state index in [2.05, 4.69) is 9.98 Å². The van der Waals surface area contributed by atoms with Gasteiger partial charge in [-0.15, -0.1) is 0 Å². The number of carbonyl (C=O) groups is 1. The van der Waals surface area contributed by atoms with E-state index in [9.17, 15) is 4.79 Å². The molecule has 3 rings (SSSR count). The Morgan fingerprint density at radius 3 is 2.65 bits per heavy atom. The van der Waals surface area contributed by atoms with Gasteiger partial charge in [-0.2, -0.15) is 0 Å². The molecule has 6 heteroatoms. The highest BCUT2D eigenvalue weighted by Gasteiger charge is 2.36. The highest BCUT2D eigenvalue weighted by atomic mass is 16.2. The molecule has 0 fully saturated rings. The van der Waals surface area contributed by atoms with Gasteiger partial charge in [0.15, 0.2) is 5.96 Å². The second-order valence-electron chi connectivity index (χ2n) is 6.67. The van der Waals surface area contributed by atoms with Crippen molar-refractivity contribution < 1.29 is 4.79 Å². The highest BCUT2D eigenvalue weighted by Crippen LogP contribution is 2.34.